The summed E-state index contributed by atoms with van der Waals surface area (Å²) in [6, 6.07) is 5.53. The first-order valence-corrected chi connectivity index (χ1v) is 8.53. The Morgan fingerprint density at radius 3 is 2.54 bits per heavy atom. The van der Waals surface area contributed by atoms with Crippen molar-refractivity contribution < 1.29 is 23.0 Å². The maximum atomic E-state index is 13.0. The van der Waals surface area contributed by atoms with Crippen LogP contribution in [0.25, 0.3) is 0 Å². The van der Waals surface area contributed by atoms with Gasteiger partial charge in [0.25, 0.3) is 0 Å². The lowest BCUT2D eigenvalue weighted by molar-refractivity contribution is -0.137. The Kier molecular flexibility index (Phi) is 5.18. The van der Waals surface area contributed by atoms with E-state index >= 15 is 0 Å². The summed E-state index contributed by atoms with van der Waals surface area (Å²) < 4.78 is 44.3. The van der Waals surface area contributed by atoms with Crippen LogP contribution < -0.4 is 5.32 Å². The van der Waals surface area contributed by atoms with E-state index in [1.807, 2.05) is 0 Å². The van der Waals surface area contributed by atoms with Crippen molar-refractivity contribution in [3.63, 3.8) is 0 Å². The maximum absolute atomic E-state index is 13.0. The van der Waals surface area contributed by atoms with Gasteiger partial charge >= 0.3 is 6.18 Å². The normalized spacial score (nSPS) is 22.3. The maximum Gasteiger partial charge on any atom is 0.416 e. The van der Waals surface area contributed by atoms with Crippen LogP contribution in [0.2, 0.25) is 0 Å². The van der Waals surface area contributed by atoms with Crippen LogP contribution in [0.3, 0.4) is 0 Å². The SMILES string of the molecule is OCC1(CNC(c2cccc(C(F)(F)F)c2)C2CC2)CCOCC1. The van der Waals surface area contributed by atoms with Crippen LogP contribution in [-0.4, -0.2) is 31.5 Å². The molecule has 6 heteroatoms. The number of nitrogens with one attached hydrogen (secondary N) is 1. The van der Waals surface area contributed by atoms with Crippen LogP contribution in [0.5, 0.6) is 0 Å². The van der Waals surface area contributed by atoms with Crippen molar-refractivity contribution in [2.45, 2.75) is 37.9 Å². The Morgan fingerprint density at radius 1 is 1.25 bits per heavy atom. The number of halogens is 3. The van der Waals surface area contributed by atoms with Gasteiger partial charge in [-0.15, -0.1) is 0 Å². The molecule has 1 aliphatic heterocycles. The quantitative estimate of drug-likeness (QED) is 0.830. The highest BCUT2D eigenvalue weighted by atomic mass is 19.4. The second-order valence-corrected chi connectivity index (χ2v) is 7.09. The summed E-state index contributed by atoms with van der Waals surface area (Å²) in [5.74, 6) is 0.379. The van der Waals surface area contributed by atoms with E-state index in [-0.39, 0.29) is 18.1 Å². The molecule has 1 heterocycles. The van der Waals surface area contributed by atoms with Crippen LogP contribution in [0, 0.1) is 11.3 Å². The fraction of sp³-hybridized carbons (Fsp3) is 0.667. The van der Waals surface area contributed by atoms with Crippen LogP contribution in [-0.2, 0) is 10.9 Å². The van der Waals surface area contributed by atoms with Crippen molar-refractivity contribution in [1.82, 2.24) is 5.32 Å². The smallest absolute Gasteiger partial charge is 0.396 e. The number of aliphatic hydroxyl groups is 1. The van der Waals surface area contributed by atoms with Crippen molar-refractivity contribution in [2.24, 2.45) is 11.3 Å². The van der Waals surface area contributed by atoms with Gasteiger partial charge < -0.3 is 15.2 Å². The van der Waals surface area contributed by atoms with Crippen molar-refractivity contribution in [1.29, 1.82) is 0 Å². The van der Waals surface area contributed by atoms with Crippen molar-refractivity contribution in [2.75, 3.05) is 26.4 Å². The summed E-state index contributed by atoms with van der Waals surface area (Å²) in [6.45, 7) is 1.92. The fourth-order valence-electron chi connectivity index (χ4n) is 3.42. The number of benzene rings is 1. The third-order valence-electron chi connectivity index (χ3n) is 5.25. The number of aliphatic hydroxyl groups excluding tert-OH is 1. The van der Waals surface area contributed by atoms with Gasteiger partial charge in [-0.05, 0) is 49.3 Å². The van der Waals surface area contributed by atoms with E-state index in [1.165, 1.54) is 12.1 Å². The minimum atomic E-state index is -4.32. The molecule has 2 fully saturated rings. The van der Waals surface area contributed by atoms with E-state index in [4.69, 9.17) is 4.74 Å². The molecule has 0 amide bonds. The van der Waals surface area contributed by atoms with Gasteiger partial charge in [-0.2, -0.15) is 13.2 Å². The largest absolute Gasteiger partial charge is 0.416 e. The summed E-state index contributed by atoms with van der Waals surface area (Å²) in [6.07, 6.45) is -0.712. The number of rotatable bonds is 6. The second-order valence-electron chi connectivity index (χ2n) is 7.09. The van der Waals surface area contributed by atoms with Crippen LogP contribution in [0.1, 0.15) is 42.9 Å². The van der Waals surface area contributed by atoms with E-state index in [0.717, 1.165) is 31.7 Å². The molecule has 24 heavy (non-hydrogen) atoms. The van der Waals surface area contributed by atoms with Gasteiger partial charge in [-0.1, -0.05) is 12.1 Å². The first-order chi connectivity index (χ1) is 11.4. The van der Waals surface area contributed by atoms with Crippen molar-refractivity contribution >= 4 is 0 Å². The molecule has 0 bridgehead atoms. The molecule has 2 N–H and O–H groups in total. The molecule has 3 nitrogen and oxygen atoms in total. The Hall–Kier alpha value is -1.11. The molecular formula is C18H24F3NO2. The monoisotopic (exact) mass is 343 g/mol. The van der Waals surface area contributed by atoms with Gasteiger partial charge in [0.05, 0.1) is 12.2 Å². The third-order valence-corrected chi connectivity index (χ3v) is 5.25. The first-order valence-electron chi connectivity index (χ1n) is 8.53. The molecule has 2 aliphatic rings. The number of hydrogen-bond donors (Lipinski definition) is 2. The summed E-state index contributed by atoms with van der Waals surface area (Å²) in [5.41, 5.74) is -0.143. The molecule has 0 spiro atoms. The molecule has 1 saturated heterocycles. The van der Waals surface area contributed by atoms with Gasteiger partial charge in [0.15, 0.2) is 0 Å². The molecule has 1 aromatic rings. The average molecular weight is 343 g/mol. The average Bonchev–Trinajstić information content (AvgIpc) is 3.40. The van der Waals surface area contributed by atoms with Gasteiger partial charge in [0.1, 0.15) is 0 Å². The fourth-order valence-corrected chi connectivity index (χ4v) is 3.42. The third kappa shape index (κ3) is 4.10. The summed E-state index contributed by atoms with van der Waals surface area (Å²) in [5, 5.41) is 13.2. The van der Waals surface area contributed by atoms with E-state index in [9.17, 15) is 18.3 Å². The molecular weight excluding hydrogens is 319 g/mol. The zero-order valence-corrected chi connectivity index (χ0v) is 13.6. The standard InChI is InChI=1S/C18H24F3NO2/c19-18(20,21)15-3-1-2-14(10-15)16(13-4-5-13)22-11-17(12-23)6-8-24-9-7-17/h1-3,10,13,16,22-23H,4-9,11-12H2. The zero-order valence-electron chi connectivity index (χ0n) is 13.6. The number of alkyl halides is 3. The molecule has 1 unspecified atom stereocenters. The molecule has 3 rings (SSSR count). The van der Waals surface area contributed by atoms with E-state index in [2.05, 4.69) is 5.32 Å². The molecule has 0 radical (unpaired) electrons. The molecule has 1 atom stereocenters. The van der Waals surface area contributed by atoms with E-state index in [1.54, 1.807) is 6.07 Å². The first kappa shape index (κ1) is 17.7. The van der Waals surface area contributed by atoms with Gasteiger partial charge in [0.2, 0.25) is 0 Å². The van der Waals surface area contributed by atoms with Crippen molar-refractivity contribution in [3.8, 4) is 0 Å². The van der Waals surface area contributed by atoms with Crippen LogP contribution >= 0.6 is 0 Å². The summed E-state index contributed by atoms with van der Waals surface area (Å²) >= 11 is 0. The lowest BCUT2D eigenvalue weighted by Crippen LogP contribution is -2.43. The topological polar surface area (TPSA) is 41.5 Å². The van der Waals surface area contributed by atoms with E-state index < -0.39 is 11.7 Å². The van der Waals surface area contributed by atoms with E-state index in [0.29, 0.717) is 31.2 Å². The predicted molar refractivity (Wildman–Crippen MR) is 84.5 cm³/mol. The molecule has 134 valence electrons. The van der Waals surface area contributed by atoms with Gasteiger partial charge in [-0.25, -0.2) is 0 Å². The predicted octanol–water partition coefficient (Wildman–Crippen LogP) is 3.54. The van der Waals surface area contributed by atoms with Gasteiger partial charge in [0, 0.05) is 31.2 Å². The summed E-state index contributed by atoms with van der Waals surface area (Å²) in [7, 11) is 0. The van der Waals surface area contributed by atoms with Crippen molar-refractivity contribution in [3.05, 3.63) is 35.4 Å². The molecule has 1 saturated carbocycles. The Balaban J connectivity index is 1.73. The highest BCUT2D eigenvalue weighted by Crippen LogP contribution is 2.43. The highest BCUT2D eigenvalue weighted by molar-refractivity contribution is 5.29. The number of ether oxygens (including phenoxy) is 1. The lowest BCUT2D eigenvalue weighted by atomic mass is 9.80. The molecule has 1 aromatic carbocycles. The Morgan fingerprint density at radius 2 is 1.96 bits per heavy atom. The van der Waals surface area contributed by atoms with Crippen LogP contribution in [0.15, 0.2) is 24.3 Å². The second kappa shape index (κ2) is 7.02. The molecule has 1 aliphatic carbocycles. The van der Waals surface area contributed by atoms with Gasteiger partial charge in [-0.3, -0.25) is 0 Å². The minimum absolute atomic E-state index is 0.0728. The Bertz CT molecular complexity index is 551. The lowest BCUT2D eigenvalue weighted by Gasteiger charge is -2.37. The minimum Gasteiger partial charge on any atom is -0.396 e. The molecule has 0 aromatic heterocycles. The summed E-state index contributed by atoms with van der Waals surface area (Å²) in [4.78, 5) is 0. The Labute approximate surface area is 140 Å². The number of hydrogen-bond acceptors (Lipinski definition) is 3. The van der Waals surface area contributed by atoms with Crippen LogP contribution in [0.4, 0.5) is 13.2 Å². The highest BCUT2D eigenvalue weighted by Gasteiger charge is 2.38. The zero-order chi connectivity index (χ0) is 17.2.